The zero-order chi connectivity index (χ0) is 79.7. The largest absolute Gasteiger partial charge is 0.493 e. The monoisotopic (exact) mass is 1540 g/mol. The number of hydrogen-bond donors (Lipinski definition) is 1. The molecule has 3 aliphatic heterocycles. The number of amides is 5. The second-order valence-electron chi connectivity index (χ2n) is 26.1. The van der Waals surface area contributed by atoms with Crippen molar-refractivity contribution in [3.63, 3.8) is 0 Å². The van der Waals surface area contributed by atoms with Crippen LogP contribution in [-0.4, -0.2) is 248 Å². The maximum atomic E-state index is 14.3. The van der Waals surface area contributed by atoms with E-state index < -0.39 is 53.7 Å². The summed E-state index contributed by atoms with van der Waals surface area (Å²) in [5.41, 5.74) is 6.17. The molecule has 3 heterocycles. The van der Waals surface area contributed by atoms with Gasteiger partial charge >= 0.3 is 5.97 Å². The van der Waals surface area contributed by atoms with Gasteiger partial charge in [0.2, 0.25) is 17.7 Å². The Labute approximate surface area is 649 Å². The van der Waals surface area contributed by atoms with E-state index in [1.807, 2.05) is 71.9 Å². The van der Waals surface area contributed by atoms with E-state index in [1.165, 1.54) is 23.3 Å². The highest BCUT2D eigenvalue weighted by molar-refractivity contribution is 6.24. The summed E-state index contributed by atoms with van der Waals surface area (Å²) in [7, 11) is 3.19. The number of imide groups is 2. The number of fused-ring (bicyclic) bond motifs is 1. The van der Waals surface area contributed by atoms with Crippen LogP contribution in [0.15, 0.2) is 72.8 Å². The van der Waals surface area contributed by atoms with Crippen LogP contribution in [0.4, 0.5) is 0 Å². The van der Waals surface area contributed by atoms with Crippen LogP contribution in [0.3, 0.4) is 0 Å². The van der Waals surface area contributed by atoms with Crippen LogP contribution < -0.4 is 24.3 Å². The second kappa shape index (κ2) is 54.8. The van der Waals surface area contributed by atoms with Crippen molar-refractivity contribution in [3.8, 4) is 23.0 Å². The minimum atomic E-state index is -1.06. The average Bonchev–Trinajstić information content (AvgIpc) is 1.62. The number of benzene rings is 4. The van der Waals surface area contributed by atoms with Crippen molar-refractivity contribution in [2.24, 2.45) is 0 Å². The SMILES string of the molecule is CCOCCOCCCC(=O)COc1cccc(C(CCc2ccc(C)c(C)c2)OC(=O)[C@@H]2CCCCN2C(=O)[C@@H](CC)c2cc(C)c(OC)c(OC)c2)c1.CCOCCOCCCC(=O)COc1cccc2c1C(=O)N(C1CCC(=O)NC1=O)C2=O.CCOCCOCCOCCOCCOCCOCCOCC. The van der Waals surface area contributed by atoms with Crippen LogP contribution in [0.25, 0.3) is 0 Å². The summed E-state index contributed by atoms with van der Waals surface area (Å²) >= 11 is 0. The lowest BCUT2D eigenvalue weighted by Crippen LogP contribution is -2.54. The van der Waals surface area contributed by atoms with E-state index in [-0.39, 0.29) is 66.8 Å². The number of ether oxygens (including phenoxy) is 16. The molecule has 5 amide bonds. The molecule has 27 heteroatoms. The molecule has 0 aromatic heterocycles. The van der Waals surface area contributed by atoms with Crippen LogP contribution in [0.1, 0.15) is 171 Å². The molecule has 4 atom stereocenters. The molecular weight excluding hydrogens is 1420 g/mol. The predicted octanol–water partition coefficient (Wildman–Crippen LogP) is 10.2. The van der Waals surface area contributed by atoms with Gasteiger partial charge in [0.25, 0.3) is 11.8 Å². The molecule has 0 spiro atoms. The number of rotatable bonds is 54. The van der Waals surface area contributed by atoms with Gasteiger partial charge < -0.3 is 80.7 Å². The van der Waals surface area contributed by atoms with Crippen LogP contribution in [0.2, 0.25) is 0 Å². The molecule has 2 unspecified atom stereocenters. The third-order valence-electron chi connectivity index (χ3n) is 18.1. The van der Waals surface area contributed by atoms with E-state index >= 15 is 0 Å². The van der Waals surface area contributed by atoms with Gasteiger partial charge in [-0.3, -0.25) is 43.8 Å². The molecule has 0 aliphatic carbocycles. The van der Waals surface area contributed by atoms with E-state index in [4.69, 9.17) is 75.8 Å². The topological polar surface area (TPSA) is 303 Å². The average molecular weight is 1540 g/mol. The molecule has 27 nitrogen and oxygen atoms in total. The molecule has 4 aromatic rings. The molecule has 3 aliphatic rings. The molecule has 110 heavy (non-hydrogen) atoms. The Morgan fingerprint density at radius 1 is 0.518 bits per heavy atom. The van der Waals surface area contributed by atoms with E-state index in [2.05, 4.69) is 37.4 Å². The zero-order valence-electron chi connectivity index (χ0n) is 66.6. The number of likely N-dealkylation sites (tertiary alicyclic amines) is 1. The Morgan fingerprint density at radius 3 is 1.57 bits per heavy atom. The lowest BCUT2D eigenvalue weighted by molar-refractivity contribution is -0.162. The zero-order valence-corrected chi connectivity index (χ0v) is 66.6. The summed E-state index contributed by atoms with van der Waals surface area (Å²) in [6.45, 7) is 28.8. The Kier molecular flexibility index (Phi) is 46.2. The molecule has 2 fully saturated rings. The van der Waals surface area contributed by atoms with Crippen molar-refractivity contribution in [3.05, 3.63) is 117 Å². The number of nitrogens with zero attached hydrogens (tertiary/aromatic N) is 2. The molecule has 2 saturated heterocycles. The fourth-order valence-electron chi connectivity index (χ4n) is 12.2. The van der Waals surface area contributed by atoms with Gasteiger partial charge in [0.1, 0.15) is 42.9 Å². The number of aryl methyl sites for hydroxylation is 4. The van der Waals surface area contributed by atoms with Gasteiger partial charge in [-0.15, -0.1) is 0 Å². The first-order valence-electron chi connectivity index (χ1n) is 38.8. The van der Waals surface area contributed by atoms with Crippen LogP contribution in [0, 0.1) is 20.8 Å². The third-order valence-corrected chi connectivity index (χ3v) is 18.1. The standard InChI is InChI=1S/C45H61NO9.C22H26N2O8.C16H34O7/c1-8-39(36-27-33(5)43(51-7)42(29-36)50-6)44(48)46-22-11-10-17-40(46)45(49)55-41(21-20-34-19-18-31(3)32(4)26-34)35-14-12-16-38(28-35)54-30-37(47)15-13-23-53-25-24-52-9-2;1-2-30-11-12-31-10-4-5-14(25)13-32-17-7-3-6-15-19(17)22(29)24(21(15)28)16-8-9-18(26)23-20(16)27;1-3-17-5-7-19-9-11-21-13-15-23-16-14-22-12-10-20-8-6-18-4-2/h12,14,16,18-19,26-29,39-41H,8-11,13,15,17,20-25,30H2,1-7H3;3,6-7,16H,2,4-5,8-13H2,1H3,(H,23,26,27);3-16H2,1-2H3/t39-,40-,41?;;/m0../s1. The van der Waals surface area contributed by atoms with E-state index in [0.29, 0.717) is 201 Å². The Hall–Kier alpha value is -7.80. The van der Waals surface area contributed by atoms with Crippen molar-refractivity contribution < 1.29 is 114 Å². The molecule has 612 valence electrons. The molecular formula is C83H121N3O24. The highest BCUT2D eigenvalue weighted by atomic mass is 16.6. The quantitative estimate of drug-likeness (QED) is 0.0244. The van der Waals surface area contributed by atoms with Crippen molar-refractivity contribution in [2.45, 2.75) is 157 Å². The van der Waals surface area contributed by atoms with E-state index in [1.54, 1.807) is 31.3 Å². The van der Waals surface area contributed by atoms with Gasteiger partial charge in [-0.2, -0.15) is 0 Å². The number of hydrogen-bond acceptors (Lipinski definition) is 24. The molecule has 0 bridgehead atoms. The number of piperidine rings is 2. The number of carbonyl (C=O) groups is 8. The van der Waals surface area contributed by atoms with Crippen LogP contribution >= 0.6 is 0 Å². The van der Waals surface area contributed by atoms with Crippen LogP contribution in [-0.2, 0) is 92.0 Å². The number of methoxy groups -OCH3 is 2. The summed E-state index contributed by atoms with van der Waals surface area (Å²) in [6, 6.07) is 20.4. The smallest absolute Gasteiger partial charge is 0.329 e. The molecule has 0 saturated carbocycles. The maximum Gasteiger partial charge on any atom is 0.329 e. The lowest BCUT2D eigenvalue weighted by atomic mass is 9.91. The van der Waals surface area contributed by atoms with Gasteiger partial charge in [-0.05, 0) is 170 Å². The number of nitrogens with one attached hydrogen (secondary N) is 1. The summed E-state index contributed by atoms with van der Waals surface area (Å²) in [6.07, 6.45) is 5.17. The summed E-state index contributed by atoms with van der Waals surface area (Å²) in [5, 5.41) is 2.15. The number of ketones is 2. The Morgan fingerprint density at radius 2 is 1.05 bits per heavy atom. The molecule has 0 radical (unpaired) electrons. The number of carbonyl (C=O) groups excluding carboxylic acids is 8. The summed E-state index contributed by atoms with van der Waals surface area (Å²) < 4.78 is 87.4. The Bertz CT molecular complexity index is 3380. The van der Waals surface area contributed by atoms with Gasteiger partial charge in [0.05, 0.1) is 137 Å². The summed E-state index contributed by atoms with van der Waals surface area (Å²) in [4.78, 5) is 105. The Balaban J connectivity index is 0.000000331. The first-order valence-corrected chi connectivity index (χ1v) is 38.8. The first kappa shape index (κ1) is 92.8. The fourth-order valence-corrected chi connectivity index (χ4v) is 12.2. The fraction of sp³-hybridized carbons (Fsp3) is 0.614. The van der Waals surface area contributed by atoms with Crippen LogP contribution in [0.5, 0.6) is 23.0 Å². The van der Waals surface area contributed by atoms with Gasteiger partial charge in [-0.25, -0.2) is 4.79 Å². The van der Waals surface area contributed by atoms with E-state index in [9.17, 15) is 38.4 Å². The predicted molar refractivity (Wildman–Crippen MR) is 410 cm³/mol. The molecule has 4 aromatic carbocycles. The highest BCUT2D eigenvalue weighted by Gasteiger charge is 2.46. The van der Waals surface area contributed by atoms with Gasteiger partial charge in [0, 0.05) is 65.4 Å². The normalized spacial score (nSPS) is 15.2. The second-order valence-corrected chi connectivity index (χ2v) is 26.1. The number of esters is 1. The minimum absolute atomic E-state index is 0.0211. The number of Topliss-reactive ketones (excluding diaryl/α,β-unsaturated/α-hetero) is 2. The lowest BCUT2D eigenvalue weighted by Gasteiger charge is -2.37. The van der Waals surface area contributed by atoms with Gasteiger partial charge in [0.15, 0.2) is 23.1 Å². The third kappa shape index (κ3) is 33.3. The van der Waals surface area contributed by atoms with Crippen molar-refractivity contribution in [2.75, 3.05) is 179 Å². The maximum absolute atomic E-state index is 14.3. The van der Waals surface area contributed by atoms with E-state index in [0.717, 1.165) is 53.2 Å². The van der Waals surface area contributed by atoms with Crippen molar-refractivity contribution in [1.29, 1.82) is 0 Å². The minimum Gasteiger partial charge on any atom is -0.493 e. The molecule has 7 rings (SSSR count). The summed E-state index contributed by atoms with van der Waals surface area (Å²) in [5.74, 6) is -1.75. The molecule has 1 N–H and O–H groups in total. The first-order chi connectivity index (χ1) is 53.4. The van der Waals surface area contributed by atoms with Crippen molar-refractivity contribution in [1.82, 2.24) is 15.1 Å². The van der Waals surface area contributed by atoms with Gasteiger partial charge in [-0.1, -0.05) is 49.4 Å². The van der Waals surface area contributed by atoms with Crippen molar-refractivity contribution >= 4 is 47.1 Å². The highest BCUT2D eigenvalue weighted by Crippen LogP contribution is 2.38.